The molecule has 0 bridgehead atoms. The second-order valence-electron chi connectivity index (χ2n) is 12.0. The third-order valence-corrected chi connectivity index (χ3v) is 9.45. The molecule has 0 radical (unpaired) electrons. The quantitative estimate of drug-likeness (QED) is 0.143. The predicted molar refractivity (Wildman–Crippen MR) is 198 cm³/mol. The lowest BCUT2D eigenvalue weighted by atomic mass is 9.83. The first kappa shape index (κ1) is 26.4. The van der Waals surface area contributed by atoms with Crippen molar-refractivity contribution >= 4 is 43.1 Å². The molecule has 46 heavy (non-hydrogen) atoms. The summed E-state index contributed by atoms with van der Waals surface area (Å²) < 4.78 is 0. The Morgan fingerprint density at radius 3 is 1.33 bits per heavy atom. The van der Waals surface area contributed by atoms with Gasteiger partial charge in [0.05, 0.1) is 0 Å². The molecule has 214 valence electrons. The molecule has 9 aromatic carbocycles. The Morgan fingerprint density at radius 1 is 0.217 bits per heavy atom. The molecule has 9 rings (SSSR count). The van der Waals surface area contributed by atoms with Gasteiger partial charge in [-0.3, -0.25) is 0 Å². The highest BCUT2D eigenvalue weighted by Crippen LogP contribution is 2.47. The fraction of sp³-hybridized carbons (Fsp3) is 0. The minimum Gasteiger partial charge on any atom is -0.0622 e. The van der Waals surface area contributed by atoms with Gasteiger partial charge >= 0.3 is 0 Å². The van der Waals surface area contributed by atoms with Crippen LogP contribution in [-0.2, 0) is 0 Å². The van der Waals surface area contributed by atoms with Crippen LogP contribution < -0.4 is 0 Å². The smallest absolute Gasteiger partial charge is 0.00201 e. The molecule has 0 amide bonds. The molecule has 0 saturated heterocycles. The number of hydrogen-bond donors (Lipinski definition) is 0. The van der Waals surface area contributed by atoms with Gasteiger partial charge in [0.25, 0.3) is 0 Å². The molecule has 0 heteroatoms. The van der Waals surface area contributed by atoms with Crippen LogP contribution in [0.5, 0.6) is 0 Å². The molecular formula is C46H30. The molecule has 0 unspecified atom stereocenters. The average Bonchev–Trinajstić information content (AvgIpc) is 3.14. The van der Waals surface area contributed by atoms with Gasteiger partial charge in [-0.05, 0) is 99.7 Å². The van der Waals surface area contributed by atoms with E-state index in [1.54, 1.807) is 0 Å². The summed E-state index contributed by atoms with van der Waals surface area (Å²) in [5.74, 6) is 0. The topological polar surface area (TPSA) is 0 Å². The molecular weight excluding hydrogens is 553 g/mol. The zero-order valence-corrected chi connectivity index (χ0v) is 25.3. The number of fused-ring (bicyclic) bond motifs is 5. The van der Waals surface area contributed by atoms with Gasteiger partial charge in [0.1, 0.15) is 0 Å². The van der Waals surface area contributed by atoms with E-state index in [1.165, 1.54) is 87.6 Å². The van der Waals surface area contributed by atoms with E-state index < -0.39 is 0 Å². The Morgan fingerprint density at radius 2 is 0.696 bits per heavy atom. The van der Waals surface area contributed by atoms with Crippen molar-refractivity contribution in [1.29, 1.82) is 0 Å². The Hall–Kier alpha value is -5.98. The second-order valence-corrected chi connectivity index (χ2v) is 12.0. The van der Waals surface area contributed by atoms with Crippen LogP contribution in [0.2, 0.25) is 0 Å². The molecule has 0 heterocycles. The van der Waals surface area contributed by atoms with Crippen molar-refractivity contribution < 1.29 is 0 Å². The Balaban J connectivity index is 1.38. The van der Waals surface area contributed by atoms with Crippen LogP contribution in [0.3, 0.4) is 0 Å². The van der Waals surface area contributed by atoms with Crippen molar-refractivity contribution in [3.8, 4) is 44.5 Å². The van der Waals surface area contributed by atoms with E-state index >= 15 is 0 Å². The van der Waals surface area contributed by atoms with Crippen molar-refractivity contribution in [2.24, 2.45) is 0 Å². The summed E-state index contributed by atoms with van der Waals surface area (Å²) in [5.41, 5.74) is 10.0. The largest absolute Gasteiger partial charge is 0.0622 e. The van der Waals surface area contributed by atoms with Crippen LogP contribution in [0.1, 0.15) is 0 Å². The predicted octanol–water partition coefficient (Wildman–Crippen LogP) is 13.0. The van der Waals surface area contributed by atoms with E-state index in [2.05, 4.69) is 182 Å². The highest BCUT2D eigenvalue weighted by atomic mass is 14.2. The lowest BCUT2D eigenvalue weighted by Gasteiger charge is -2.20. The number of hydrogen-bond acceptors (Lipinski definition) is 0. The monoisotopic (exact) mass is 582 g/mol. The van der Waals surface area contributed by atoms with Crippen LogP contribution in [0.15, 0.2) is 182 Å². The standard InChI is InChI=1S/C46H30/c1-3-15-31(16-4-1)35-20-9-10-22-38(35)46-41-25-13-11-23-39(41)45(40-24-12-14-26-42(40)46)34-27-28-37-36-21-8-7-19-33(36)29-43(44(37)30-34)32-17-5-2-6-18-32/h1-30H. The summed E-state index contributed by atoms with van der Waals surface area (Å²) >= 11 is 0. The van der Waals surface area contributed by atoms with Gasteiger partial charge in [0.15, 0.2) is 0 Å². The van der Waals surface area contributed by atoms with Crippen LogP contribution in [0.25, 0.3) is 87.6 Å². The second kappa shape index (κ2) is 10.9. The molecule has 0 aliphatic heterocycles. The molecule has 0 spiro atoms. The SMILES string of the molecule is c1ccc(-c2ccccc2-c2c3ccccc3c(-c3ccc4c(c3)c(-c3ccccc3)cc3ccccc34)c3ccccc23)cc1. The maximum absolute atomic E-state index is 2.43. The highest BCUT2D eigenvalue weighted by Gasteiger charge is 2.19. The maximum atomic E-state index is 2.43. The summed E-state index contributed by atoms with van der Waals surface area (Å²) in [6, 6.07) is 66.5. The van der Waals surface area contributed by atoms with Crippen molar-refractivity contribution in [2.75, 3.05) is 0 Å². The normalized spacial score (nSPS) is 11.5. The molecule has 0 atom stereocenters. The highest BCUT2D eigenvalue weighted by molar-refractivity contribution is 6.23. The van der Waals surface area contributed by atoms with Gasteiger partial charge in [-0.25, -0.2) is 0 Å². The first-order valence-corrected chi connectivity index (χ1v) is 15.9. The molecule has 0 aliphatic carbocycles. The summed E-state index contributed by atoms with van der Waals surface area (Å²) in [7, 11) is 0. The van der Waals surface area contributed by atoms with E-state index in [0.717, 1.165) is 0 Å². The van der Waals surface area contributed by atoms with E-state index in [-0.39, 0.29) is 0 Å². The molecule has 0 aliphatic rings. The summed E-state index contributed by atoms with van der Waals surface area (Å²) in [5, 5.41) is 10.2. The van der Waals surface area contributed by atoms with E-state index in [9.17, 15) is 0 Å². The van der Waals surface area contributed by atoms with E-state index in [4.69, 9.17) is 0 Å². The van der Waals surface area contributed by atoms with Crippen LogP contribution in [0.4, 0.5) is 0 Å². The Labute approximate surface area is 268 Å². The van der Waals surface area contributed by atoms with Gasteiger partial charge in [0.2, 0.25) is 0 Å². The summed E-state index contributed by atoms with van der Waals surface area (Å²) in [6.45, 7) is 0. The lowest BCUT2D eigenvalue weighted by molar-refractivity contribution is 1.61. The van der Waals surface area contributed by atoms with Crippen molar-refractivity contribution in [3.63, 3.8) is 0 Å². The first-order valence-electron chi connectivity index (χ1n) is 15.9. The fourth-order valence-electron chi connectivity index (χ4n) is 7.42. The van der Waals surface area contributed by atoms with Gasteiger partial charge in [-0.2, -0.15) is 0 Å². The molecule has 0 nitrogen and oxygen atoms in total. The molecule has 0 aromatic heterocycles. The van der Waals surface area contributed by atoms with Gasteiger partial charge in [-0.15, -0.1) is 0 Å². The average molecular weight is 583 g/mol. The minimum absolute atomic E-state index is 1.23. The van der Waals surface area contributed by atoms with E-state index in [0.29, 0.717) is 0 Å². The lowest BCUT2D eigenvalue weighted by Crippen LogP contribution is -1.93. The molecule has 9 aromatic rings. The van der Waals surface area contributed by atoms with Crippen LogP contribution >= 0.6 is 0 Å². The van der Waals surface area contributed by atoms with Crippen LogP contribution in [0, 0.1) is 0 Å². The Bertz CT molecular complexity index is 2500. The molecule has 0 saturated carbocycles. The minimum atomic E-state index is 1.23. The van der Waals surface area contributed by atoms with Crippen molar-refractivity contribution in [2.45, 2.75) is 0 Å². The van der Waals surface area contributed by atoms with E-state index in [1.807, 2.05) is 0 Å². The molecule has 0 N–H and O–H groups in total. The van der Waals surface area contributed by atoms with Crippen molar-refractivity contribution in [3.05, 3.63) is 182 Å². The van der Waals surface area contributed by atoms with Gasteiger partial charge in [0, 0.05) is 0 Å². The summed E-state index contributed by atoms with van der Waals surface area (Å²) in [4.78, 5) is 0. The zero-order valence-electron chi connectivity index (χ0n) is 25.3. The number of benzene rings is 9. The molecule has 0 fully saturated rings. The third kappa shape index (κ3) is 4.23. The maximum Gasteiger partial charge on any atom is -0.00201 e. The first-order chi connectivity index (χ1) is 22.8. The third-order valence-electron chi connectivity index (χ3n) is 9.45. The van der Waals surface area contributed by atoms with Gasteiger partial charge < -0.3 is 0 Å². The summed E-state index contributed by atoms with van der Waals surface area (Å²) in [6.07, 6.45) is 0. The zero-order chi connectivity index (χ0) is 30.5. The number of rotatable bonds is 4. The van der Waals surface area contributed by atoms with Gasteiger partial charge in [-0.1, -0.05) is 170 Å². The Kier molecular flexibility index (Phi) is 6.25. The fourth-order valence-corrected chi connectivity index (χ4v) is 7.42. The van der Waals surface area contributed by atoms with Crippen LogP contribution in [-0.4, -0.2) is 0 Å². The van der Waals surface area contributed by atoms with Crippen molar-refractivity contribution in [1.82, 2.24) is 0 Å².